The van der Waals surface area contributed by atoms with Gasteiger partial charge in [-0.25, -0.2) is 0 Å². The third-order valence-corrected chi connectivity index (χ3v) is 2.36. The molecule has 0 saturated heterocycles. The van der Waals surface area contributed by atoms with Gasteiger partial charge in [0.05, 0.1) is 13.2 Å². The SMILES string of the molecule is C#CCCC(CCOCCOC)NCCC. The van der Waals surface area contributed by atoms with Crippen LogP contribution < -0.4 is 5.32 Å². The lowest BCUT2D eigenvalue weighted by Crippen LogP contribution is -2.31. The lowest BCUT2D eigenvalue weighted by molar-refractivity contribution is 0.0655. The Morgan fingerprint density at radius 2 is 2.06 bits per heavy atom. The third-order valence-electron chi connectivity index (χ3n) is 2.36. The molecule has 0 amide bonds. The van der Waals surface area contributed by atoms with Crippen molar-refractivity contribution in [3.05, 3.63) is 0 Å². The molecule has 0 fully saturated rings. The zero-order valence-corrected chi connectivity index (χ0v) is 10.6. The molecule has 0 bridgehead atoms. The minimum Gasteiger partial charge on any atom is -0.382 e. The summed E-state index contributed by atoms with van der Waals surface area (Å²) in [5.74, 6) is 2.68. The van der Waals surface area contributed by atoms with Crippen molar-refractivity contribution < 1.29 is 9.47 Å². The second-order valence-corrected chi connectivity index (χ2v) is 3.79. The Morgan fingerprint density at radius 1 is 1.25 bits per heavy atom. The van der Waals surface area contributed by atoms with Gasteiger partial charge in [0.2, 0.25) is 0 Å². The van der Waals surface area contributed by atoms with Gasteiger partial charge in [0.15, 0.2) is 0 Å². The van der Waals surface area contributed by atoms with E-state index in [-0.39, 0.29) is 0 Å². The molecule has 94 valence electrons. The zero-order chi connectivity index (χ0) is 12.1. The van der Waals surface area contributed by atoms with Crippen LogP contribution in [0.3, 0.4) is 0 Å². The van der Waals surface area contributed by atoms with E-state index in [9.17, 15) is 0 Å². The molecule has 3 nitrogen and oxygen atoms in total. The van der Waals surface area contributed by atoms with Gasteiger partial charge in [0, 0.05) is 26.2 Å². The molecule has 0 aromatic carbocycles. The standard InChI is InChI=1S/C13H25NO2/c1-4-6-7-13(14-9-5-2)8-10-16-12-11-15-3/h1,13-14H,5-12H2,2-3H3. The topological polar surface area (TPSA) is 30.5 Å². The van der Waals surface area contributed by atoms with Crippen molar-refractivity contribution >= 4 is 0 Å². The molecule has 0 rings (SSSR count). The molecule has 0 aliphatic rings. The fourth-order valence-corrected chi connectivity index (χ4v) is 1.42. The summed E-state index contributed by atoms with van der Waals surface area (Å²) in [5.41, 5.74) is 0. The van der Waals surface area contributed by atoms with Gasteiger partial charge < -0.3 is 14.8 Å². The van der Waals surface area contributed by atoms with Crippen molar-refractivity contribution in [1.82, 2.24) is 5.32 Å². The summed E-state index contributed by atoms with van der Waals surface area (Å²) in [4.78, 5) is 0. The maximum absolute atomic E-state index is 5.45. The summed E-state index contributed by atoms with van der Waals surface area (Å²) in [7, 11) is 1.68. The highest BCUT2D eigenvalue weighted by molar-refractivity contribution is 4.85. The molecular formula is C13H25NO2. The quantitative estimate of drug-likeness (QED) is 0.431. The molecule has 0 heterocycles. The maximum atomic E-state index is 5.45. The van der Waals surface area contributed by atoms with Crippen molar-refractivity contribution in [3.63, 3.8) is 0 Å². The van der Waals surface area contributed by atoms with E-state index in [1.165, 1.54) is 0 Å². The second-order valence-electron chi connectivity index (χ2n) is 3.79. The predicted octanol–water partition coefficient (Wildman–Crippen LogP) is 1.82. The van der Waals surface area contributed by atoms with E-state index in [4.69, 9.17) is 15.9 Å². The van der Waals surface area contributed by atoms with Gasteiger partial charge in [-0.05, 0) is 25.8 Å². The van der Waals surface area contributed by atoms with Crippen LogP contribution in [0.2, 0.25) is 0 Å². The molecule has 1 N–H and O–H groups in total. The second kappa shape index (κ2) is 12.5. The maximum Gasteiger partial charge on any atom is 0.0700 e. The molecule has 16 heavy (non-hydrogen) atoms. The van der Waals surface area contributed by atoms with Crippen LogP contribution in [0.1, 0.15) is 32.6 Å². The zero-order valence-electron chi connectivity index (χ0n) is 10.6. The first-order valence-corrected chi connectivity index (χ1v) is 6.08. The number of nitrogens with one attached hydrogen (secondary N) is 1. The number of terminal acetylenes is 1. The van der Waals surface area contributed by atoms with Crippen molar-refractivity contribution in [2.75, 3.05) is 33.5 Å². The van der Waals surface area contributed by atoms with E-state index in [1.807, 2.05) is 0 Å². The fraction of sp³-hybridized carbons (Fsp3) is 0.846. The van der Waals surface area contributed by atoms with Gasteiger partial charge in [-0.3, -0.25) is 0 Å². The Kier molecular flexibility index (Phi) is 12.1. The summed E-state index contributed by atoms with van der Waals surface area (Å²) in [6, 6.07) is 0.485. The van der Waals surface area contributed by atoms with Gasteiger partial charge in [-0.15, -0.1) is 12.3 Å². The van der Waals surface area contributed by atoms with E-state index in [1.54, 1.807) is 7.11 Å². The van der Waals surface area contributed by atoms with E-state index in [2.05, 4.69) is 18.2 Å². The third kappa shape index (κ3) is 9.97. The molecule has 0 aromatic heterocycles. The number of hydrogen-bond donors (Lipinski definition) is 1. The van der Waals surface area contributed by atoms with Crippen LogP contribution >= 0.6 is 0 Å². The van der Waals surface area contributed by atoms with Gasteiger partial charge in [0.1, 0.15) is 0 Å². The summed E-state index contributed by atoms with van der Waals surface area (Å²) in [5, 5.41) is 3.49. The number of hydrogen-bond acceptors (Lipinski definition) is 3. The fourth-order valence-electron chi connectivity index (χ4n) is 1.42. The van der Waals surface area contributed by atoms with E-state index < -0.39 is 0 Å². The van der Waals surface area contributed by atoms with Crippen molar-refractivity contribution in [2.45, 2.75) is 38.6 Å². The minimum absolute atomic E-state index is 0.485. The van der Waals surface area contributed by atoms with Crippen LogP contribution in [-0.2, 0) is 9.47 Å². The predicted molar refractivity (Wildman–Crippen MR) is 67.5 cm³/mol. The van der Waals surface area contributed by atoms with Gasteiger partial charge in [-0.2, -0.15) is 0 Å². The van der Waals surface area contributed by atoms with E-state index >= 15 is 0 Å². The monoisotopic (exact) mass is 227 g/mol. The molecule has 0 aliphatic carbocycles. The summed E-state index contributed by atoms with van der Waals surface area (Å²) in [6.45, 7) is 5.33. The molecular weight excluding hydrogens is 202 g/mol. The lowest BCUT2D eigenvalue weighted by atomic mass is 10.1. The number of rotatable bonds is 11. The number of methoxy groups -OCH3 is 1. The van der Waals surface area contributed by atoms with Crippen molar-refractivity contribution in [3.8, 4) is 12.3 Å². The summed E-state index contributed by atoms with van der Waals surface area (Å²) >= 11 is 0. The van der Waals surface area contributed by atoms with Crippen LogP contribution in [-0.4, -0.2) is 39.5 Å². The highest BCUT2D eigenvalue weighted by Crippen LogP contribution is 2.02. The van der Waals surface area contributed by atoms with E-state index in [0.717, 1.165) is 38.8 Å². The average Bonchev–Trinajstić information content (AvgIpc) is 2.31. The highest BCUT2D eigenvalue weighted by atomic mass is 16.5. The van der Waals surface area contributed by atoms with Crippen LogP contribution in [0, 0.1) is 12.3 Å². The number of ether oxygens (including phenoxy) is 2. The molecule has 0 saturated carbocycles. The van der Waals surface area contributed by atoms with E-state index in [0.29, 0.717) is 19.3 Å². The largest absolute Gasteiger partial charge is 0.382 e. The first-order chi connectivity index (χ1) is 7.85. The first kappa shape index (κ1) is 15.4. The van der Waals surface area contributed by atoms with Crippen molar-refractivity contribution in [2.24, 2.45) is 0 Å². The summed E-state index contributed by atoms with van der Waals surface area (Å²) in [6.07, 6.45) is 9.31. The lowest BCUT2D eigenvalue weighted by Gasteiger charge is -2.17. The highest BCUT2D eigenvalue weighted by Gasteiger charge is 2.06. The van der Waals surface area contributed by atoms with Gasteiger partial charge >= 0.3 is 0 Å². The van der Waals surface area contributed by atoms with Crippen LogP contribution in [0.4, 0.5) is 0 Å². The first-order valence-electron chi connectivity index (χ1n) is 6.08. The van der Waals surface area contributed by atoms with Crippen LogP contribution in [0.5, 0.6) is 0 Å². The Labute approximate surface area is 99.9 Å². The van der Waals surface area contributed by atoms with Crippen LogP contribution in [0.25, 0.3) is 0 Å². The molecule has 0 aromatic rings. The normalized spacial score (nSPS) is 12.3. The summed E-state index contributed by atoms with van der Waals surface area (Å²) < 4.78 is 10.4. The molecule has 0 radical (unpaired) electrons. The van der Waals surface area contributed by atoms with Crippen LogP contribution in [0.15, 0.2) is 0 Å². The van der Waals surface area contributed by atoms with Gasteiger partial charge in [0.25, 0.3) is 0 Å². The molecule has 0 aliphatic heterocycles. The van der Waals surface area contributed by atoms with Crippen molar-refractivity contribution in [1.29, 1.82) is 0 Å². The molecule has 1 atom stereocenters. The Hall–Kier alpha value is -0.560. The average molecular weight is 227 g/mol. The Bertz CT molecular complexity index is 177. The minimum atomic E-state index is 0.485. The molecule has 1 unspecified atom stereocenters. The molecule has 0 spiro atoms. The Morgan fingerprint density at radius 3 is 2.69 bits per heavy atom. The van der Waals surface area contributed by atoms with Gasteiger partial charge in [-0.1, -0.05) is 6.92 Å². The smallest absolute Gasteiger partial charge is 0.0700 e. The Balaban J connectivity index is 3.53. The molecule has 3 heteroatoms.